The molecule has 0 saturated carbocycles. The van der Waals surface area contributed by atoms with Gasteiger partial charge in [0, 0.05) is 15.8 Å². The first-order valence-electron chi connectivity index (χ1n) is 6.83. The molecule has 1 N–H and O–H groups in total. The number of nitrogens with one attached hydrogen (secondary N) is 1. The highest BCUT2D eigenvalue weighted by Crippen LogP contribution is 2.36. The number of carbonyl (C=O) groups is 1. The number of hydrogen-bond donors (Lipinski definition) is 1. The Labute approximate surface area is 119 Å². The molecule has 1 fully saturated rings. The van der Waals surface area contributed by atoms with Crippen molar-refractivity contribution in [3.63, 3.8) is 0 Å². The van der Waals surface area contributed by atoms with E-state index in [0.717, 1.165) is 19.4 Å². The molecule has 0 radical (unpaired) electrons. The molecular weight excluding hydrogens is 258 g/mol. The van der Waals surface area contributed by atoms with Crippen LogP contribution in [0.25, 0.3) is 0 Å². The lowest BCUT2D eigenvalue weighted by atomic mass is 9.91. The van der Waals surface area contributed by atoms with Crippen molar-refractivity contribution < 1.29 is 9.53 Å². The van der Waals surface area contributed by atoms with Crippen LogP contribution in [0.5, 0.6) is 0 Å². The molecule has 1 aromatic rings. The normalized spacial score (nSPS) is 24.2. The van der Waals surface area contributed by atoms with E-state index in [-0.39, 0.29) is 17.3 Å². The summed E-state index contributed by atoms with van der Waals surface area (Å²) in [6.07, 6.45) is 1.72. The molecule has 0 bridgehead atoms. The minimum atomic E-state index is -0.0703. The fourth-order valence-electron chi connectivity index (χ4n) is 2.46. The van der Waals surface area contributed by atoms with Crippen molar-refractivity contribution in [3.05, 3.63) is 21.9 Å². The molecular formula is C15H23NO2S. The van der Waals surface area contributed by atoms with Gasteiger partial charge in [0.2, 0.25) is 0 Å². The lowest BCUT2D eigenvalue weighted by Gasteiger charge is -2.28. The summed E-state index contributed by atoms with van der Waals surface area (Å²) >= 11 is 1.85. The zero-order chi connectivity index (χ0) is 14.0. The maximum atomic E-state index is 11.7. The molecule has 0 aromatic carbocycles. The molecule has 4 heteroatoms. The van der Waals surface area contributed by atoms with Gasteiger partial charge in [-0.05, 0) is 36.9 Å². The second kappa shape index (κ2) is 5.63. The molecule has 2 heterocycles. The largest absolute Gasteiger partial charge is 0.469 e. The SMILES string of the molecule is COC(=O)C1CCNC(c2ccc(C(C)(C)C)s2)C1. The van der Waals surface area contributed by atoms with Crippen LogP contribution in [-0.2, 0) is 14.9 Å². The summed E-state index contributed by atoms with van der Waals surface area (Å²) < 4.78 is 4.87. The van der Waals surface area contributed by atoms with Crippen LogP contribution in [0, 0.1) is 5.92 Å². The Balaban J connectivity index is 2.09. The highest BCUT2D eigenvalue weighted by molar-refractivity contribution is 7.12. The number of piperidine rings is 1. The topological polar surface area (TPSA) is 38.3 Å². The molecule has 1 aliphatic rings. The molecule has 1 aliphatic heterocycles. The van der Waals surface area contributed by atoms with Gasteiger partial charge in [-0.1, -0.05) is 20.8 Å². The number of esters is 1. The molecule has 1 aromatic heterocycles. The zero-order valence-electron chi connectivity index (χ0n) is 12.2. The van der Waals surface area contributed by atoms with Gasteiger partial charge in [-0.15, -0.1) is 11.3 Å². The van der Waals surface area contributed by atoms with Crippen molar-refractivity contribution in [2.45, 2.75) is 45.1 Å². The number of ether oxygens (including phenoxy) is 1. The van der Waals surface area contributed by atoms with E-state index < -0.39 is 0 Å². The highest BCUT2D eigenvalue weighted by atomic mass is 32.1. The highest BCUT2D eigenvalue weighted by Gasteiger charge is 2.29. The molecule has 0 aliphatic carbocycles. The van der Waals surface area contributed by atoms with E-state index in [1.165, 1.54) is 16.9 Å². The zero-order valence-corrected chi connectivity index (χ0v) is 13.0. The second-order valence-electron chi connectivity index (χ2n) is 6.20. The summed E-state index contributed by atoms with van der Waals surface area (Å²) in [7, 11) is 1.47. The van der Waals surface area contributed by atoms with Gasteiger partial charge in [-0.2, -0.15) is 0 Å². The predicted octanol–water partition coefficient (Wildman–Crippen LogP) is 3.26. The molecule has 0 amide bonds. The lowest BCUT2D eigenvalue weighted by molar-refractivity contribution is -0.146. The number of methoxy groups -OCH3 is 1. The maximum absolute atomic E-state index is 11.7. The second-order valence-corrected chi connectivity index (χ2v) is 7.32. The van der Waals surface area contributed by atoms with E-state index in [0.29, 0.717) is 6.04 Å². The average Bonchev–Trinajstić information content (AvgIpc) is 2.87. The Bertz CT molecular complexity index is 447. The number of rotatable bonds is 2. The van der Waals surface area contributed by atoms with Gasteiger partial charge < -0.3 is 10.1 Å². The van der Waals surface area contributed by atoms with Gasteiger partial charge in [-0.25, -0.2) is 0 Å². The Kier molecular flexibility index (Phi) is 4.31. The average molecular weight is 281 g/mol. The van der Waals surface area contributed by atoms with Crippen LogP contribution in [0.2, 0.25) is 0 Å². The first-order chi connectivity index (χ1) is 8.91. The van der Waals surface area contributed by atoms with E-state index in [1.807, 2.05) is 11.3 Å². The van der Waals surface area contributed by atoms with E-state index in [1.54, 1.807) is 0 Å². The van der Waals surface area contributed by atoms with Crippen molar-refractivity contribution in [3.8, 4) is 0 Å². The fourth-order valence-corrected chi connectivity index (χ4v) is 3.61. The molecule has 106 valence electrons. The van der Waals surface area contributed by atoms with E-state index >= 15 is 0 Å². The Morgan fingerprint density at radius 1 is 1.42 bits per heavy atom. The summed E-state index contributed by atoms with van der Waals surface area (Å²) in [4.78, 5) is 14.4. The van der Waals surface area contributed by atoms with Crippen LogP contribution in [0.15, 0.2) is 12.1 Å². The number of hydrogen-bond acceptors (Lipinski definition) is 4. The van der Waals surface area contributed by atoms with E-state index in [2.05, 4.69) is 38.2 Å². The minimum Gasteiger partial charge on any atom is -0.469 e. The Morgan fingerprint density at radius 3 is 2.74 bits per heavy atom. The molecule has 0 spiro atoms. The molecule has 3 nitrogen and oxygen atoms in total. The van der Waals surface area contributed by atoms with Gasteiger partial charge in [0.1, 0.15) is 0 Å². The molecule has 2 rings (SSSR count). The smallest absolute Gasteiger partial charge is 0.308 e. The summed E-state index contributed by atoms with van der Waals surface area (Å²) in [5, 5.41) is 3.51. The van der Waals surface area contributed by atoms with Crippen molar-refractivity contribution in [1.29, 1.82) is 0 Å². The number of thiophene rings is 1. The van der Waals surface area contributed by atoms with Crippen LogP contribution in [-0.4, -0.2) is 19.6 Å². The molecule has 2 unspecified atom stereocenters. The first kappa shape index (κ1) is 14.5. The Morgan fingerprint density at radius 2 is 2.16 bits per heavy atom. The van der Waals surface area contributed by atoms with Crippen LogP contribution in [0.3, 0.4) is 0 Å². The third kappa shape index (κ3) is 3.37. The van der Waals surface area contributed by atoms with Crippen LogP contribution in [0.4, 0.5) is 0 Å². The number of carbonyl (C=O) groups excluding carboxylic acids is 1. The van der Waals surface area contributed by atoms with Gasteiger partial charge in [0.05, 0.1) is 13.0 Å². The van der Waals surface area contributed by atoms with Gasteiger partial charge in [0.25, 0.3) is 0 Å². The van der Waals surface area contributed by atoms with Crippen molar-refractivity contribution in [2.75, 3.05) is 13.7 Å². The molecule has 19 heavy (non-hydrogen) atoms. The van der Waals surface area contributed by atoms with Gasteiger partial charge in [-0.3, -0.25) is 4.79 Å². The van der Waals surface area contributed by atoms with E-state index in [9.17, 15) is 4.79 Å². The van der Waals surface area contributed by atoms with Gasteiger partial charge >= 0.3 is 5.97 Å². The predicted molar refractivity (Wildman–Crippen MR) is 78.5 cm³/mol. The first-order valence-corrected chi connectivity index (χ1v) is 7.65. The van der Waals surface area contributed by atoms with Crippen LogP contribution < -0.4 is 5.32 Å². The standard InChI is InChI=1S/C15H23NO2S/c1-15(2,3)13-6-5-12(19-13)11-9-10(7-8-16-11)14(17)18-4/h5-6,10-11,16H,7-9H2,1-4H3. The van der Waals surface area contributed by atoms with Crippen LogP contribution >= 0.6 is 11.3 Å². The minimum absolute atomic E-state index is 0.0384. The summed E-state index contributed by atoms with van der Waals surface area (Å²) in [6, 6.07) is 4.70. The molecule has 1 saturated heterocycles. The quantitative estimate of drug-likeness (QED) is 0.846. The summed E-state index contributed by atoms with van der Waals surface area (Å²) in [5.41, 5.74) is 0.194. The summed E-state index contributed by atoms with van der Waals surface area (Å²) in [6.45, 7) is 7.57. The molecule has 2 atom stereocenters. The third-order valence-corrected chi connectivity index (χ3v) is 5.27. The lowest BCUT2D eigenvalue weighted by Crippen LogP contribution is -2.35. The summed E-state index contributed by atoms with van der Waals surface area (Å²) in [5.74, 6) is -0.0319. The van der Waals surface area contributed by atoms with Crippen molar-refractivity contribution in [1.82, 2.24) is 5.32 Å². The monoisotopic (exact) mass is 281 g/mol. The van der Waals surface area contributed by atoms with Crippen molar-refractivity contribution >= 4 is 17.3 Å². The van der Waals surface area contributed by atoms with Crippen molar-refractivity contribution in [2.24, 2.45) is 5.92 Å². The fraction of sp³-hybridized carbons (Fsp3) is 0.667. The Hall–Kier alpha value is -0.870. The van der Waals surface area contributed by atoms with Crippen LogP contribution in [0.1, 0.15) is 49.4 Å². The third-order valence-electron chi connectivity index (χ3n) is 3.65. The van der Waals surface area contributed by atoms with Gasteiger partial charge in [0.15, 0.2) is 0 Å². The van der Waals surface area contributed by atoms with E-state index in [4.69, 9.17) is 4.74 Å². The maximum Gasteiger partial charge on any atom is 0.308 e.